The van der Waals surface area contributed by atoms with Crippen LogP contribution in [0.5, 0.6) is 0 Å². The van der Waals surface area contributed by atoms with Crippen molar-refractivity contribution < 1.29 is 14.3 Å². The van der Waals surface area contributed by atoms with Crippen molar-refractivity contribution in [1.82, 2.24) is 10.6 Å². The molecule has 1 aliphatic heterocycles. The summed E-state index contributed by atoms with van der Waals surface area (Å²) in [6.45, 7) is 3.44. The lowest BCUT2D eigenvalue weighted by Crippen LogP contribution is -2.41. The zero-order valence-electron chi connectivity index (χ0n) is 8.95. The molecule has 0 radical (unpaired) electrons. The minimum absolute atomic E-state index is 0. The van der Waals surface area contributed by atoms with Crippen molar-refractivity contribution in [2.24, 2.45) is 0 Å². The molecule has 6 heteroatoms. The first-order valence-corrected chi connectivity index (χ1v) is 4.91. The summed E-state index contributed by atoms with van der Waals surface area (Å²) in [6, 6.07) is 0. The first kappa shape index (κ1) is 14.6. The molecule has 1 fully saturated rings. The van der Waals surface area contributed by atoms with Gasteiger partial charge >= 0.3 is 0 Å². The van der Waals surface area contributed by atoms with Gasteiger partial charge in [0.15, 0.2) is 0 Å². The number of carbonyl (C=O) groups excluding carboxylic acids is 1. The van der Waals surface area contributed by atoms with Gasteiger partial charge in [0, 0.05) is 26.7 Å². The Morgan fingerprint density at radius 1 is 1.67 bits per heavy atom. The molecule has 1 rings (SSSR count). The van der Waals surface area contributed by atoms with E-state index in [2.05, 4.69) is 10.6 Å². The number of amides is 1. The van der Waals surface area contributed by atoms with E-state index in [9.17, 15) is 4.79 Å². The number of morpholine rings is 1. The summed E-state index contributed by atoms with van der Waals surface area (Å²) in [5.74, 6) is 0.0238. The highest BCUT2D eigenvalue weighted by Gasteiger charge is 2.16. The molecular weight excluding hydrogens is 220 g/mol. The third kappa shape index (κ3) is 6.67. The normalized spacial score (nSPS) is 20.5. The highest BCUT2D eigenvalue weighted by molar-refractivity contribution is 5.85. The summed E-state index contributed by atoms with van der Waals surface area (Å²) in [6.07, 6.45) is 0.447. The maximum absolute atomic E-state index is 11.3. The lowest BCUT2D eigenvalue weighted by atomic mass is 10.2. The quantitative estimate of drug-likeness (QED) is 0.637. The second-order valence-electron chi connectivity index (χ2n) is 3.24. The Hall–Kier alpha value is -0.360. The van der Waals surface area contributed by atoms with Crippen molar-refractivity contribution in [1.29, 1.82) is 0 Å². The number of methoxy groups -OCH3 is 1. The van der Waals surface area contributed by atoms with Crippen molar-refractivity contribution in [3.8, 4) is 0 Å². The molecule has 2 N–H and O–H groups in total. The molecule has 0 aromatic carbocycles. The van der Waals surface area contributed by atoms with Gasteiger partial charge in [0.05, 0.1) is 25.7 Å². The second kappa shape index (κ2) is 8.91. The third-order valence-corrected chi connectivity index (χ3v) is 2.05. The Bertz CT molecular complexity index is 175. The molecule has 0 aromatic rings. The van der Waals surface area contributed by atoms with E-state index in [-0.39, 0.29) is 24.4 Å². The molecule has 1 heterocycles. The Kier molecular flexibility index (Phi) is 8.70. The number of ether oxygens (including phenoxy) is 2. The van der Waals surface area contributed by atoms with E-state index in [1.807, 2.05) is 0 Å². The van der Waals surface area contributed by atoms with Crippen LogP contribution in [0.2, 0.25) is 0 Å². The zero-order chi connectivity index (χ0) is 10.2. The fourth-order valence-corrected chi connectivity index (χ4v) is 1.32. The van der Waals surface area contributed by atoms with Crippen LogP contribution in [0.25, 0.3) is 0 Å². The van der Waals surface area contributed by atoms with Crippen molar-refractivity contribution >= 4 is 18.3 Å². The number of halogens is 1. The van der Waals surface area contributed by atoms with Gasteiger partial charge < -0.3 is 20.1 Å². The number of hydrogen-bond acceptors (Lipinski definition) is 4. The standard InChI is InChI=1S/C9H18N2O3.ClH/c1-13-4-3-11-9(12)6-8-7-10-2-5-14-8;/h8,10H,2-7H2,1H3,(H,11,12);1H. The highest BCUT2D eigenvalue weighted by Crippen LogP contribution is 2.00. The fraction of sp³-hybridized carbons (Fsp3) is 0.889. The van der Waals surface area contributed by atoms with Gasteiger partial charge in [-0.15, -0.1) is 12.4 Å². The van der Waals surface area contributed by atoms with Gasteiger partial charge in [-0.2, -0.15) is 0 Å². The minimum Gasteiger partial charge on any atom is -0.383 e. The second-order valence-corrected chi connectivity index (χ2v) is 3.24. The van der Waals surface area contributed by atoms with Crippen molar-refractivity contribution in [2.45, 2.75) is 12.5 Å². The van der Waals surface area contributed by atoms with E-state index in [1.165, 1.54) is 0 Å². The average molecular weight is 239 g/mol. The molecule has 0 spiro atoms. The third-order valence-electron chi connectivity index (χ3n) is 2.05. The predicted molar refractivity (Wildman–Crippen MR) is 59.4 cm³/mol. The molecule has 1 aliphatic rings. The monoisotopic (exact) mass is 238 g/mol. The van der Waals surface area contributed by atoms with Gasteiger partial charge in [-0.3, -0.25) is 4.79 Å². The number of rotatable bonds is 5. The summed E-state index contributed by atoms with van der Waals surface area (Å²) in [5, 5.41) is 5.94. The van der Waals surface area contributed by atoms with Crippen LogP contribution in [0.15, 0.2) is 0 Å². The smallest absolute Gasteiger partial charge is 0.222 e. The molecule has 1 unspecified atom stereocenters. The van der Waals surface area contributed by atoms with Crippen LogP contribution in [-0.2, 0) is 14.3 Å². The predicted octanol–water partition coefficient (Wildman–Crippen LogP) is -0.451. The molecule has 0 aromatic heterocycles. The summed E-state index contributed by atoms with van der Waals surface area (Å²) < 4.78 is 10.2. The van der Waals surface area contributed by atoms with Crippen molar-refractivity contribution in [3.63, 3.8) is 0 Å². The van der Waals surface area contributed by atoms with Gasteiger partial charge in [0.25, 0.3) is 0 Å². The van der Waals surface area contributed by atoms with Crippen LogP contribution in [0.1, 0.15) is 6.42 Å². The SMILES string of the molecule is COCCNC(=O)CC1CNCCO1.Cl. The fourth-order valence-electron chi connectivity index (χ4n) is 1.32. The molecule has 1 atom stereocenters. The van der Waals surface area contributed by atoms with Crippen LogP contribution >= 0.6 is 12.4 Å². The van der Waals surface area contributed by atoms with Crippen LogP contribution in [-0.4, -0.2) is 52.0 Å². The van der Waals surface area contributed by atoms with Gasteiger partial charge in [0.2, 0.25) is 5.91 Å². The molecule has 15 heavy (non-hydrogen) atoms. The maximum Gasteiger partial charge on any atom is 0.222 e. The topological polar surface area (TPSA) is 59.6 Å². The first-order valence-electron chi connectivity index (χ1n) is 4.91. The zero-order valence-corrected chi connectivity index (χ0v) is 9.77. The molecule has 0 saturated carbocycles. The molecule has 90 valence electrons. The number of nitrogens with one attached hydrogen (secondary N) is 2. The molecule has 1 amide bonds. The summed E-state index contributed by atoms with van der Waals surface area (Å²) in [4.78, 5) is 11.3. The van der Waals surface area contributed by atoms with Crippen LogP contribution < -0.4 is 10.6 Å². The number of carbonyl (C=O) groups is 1. The molecule has 1 saturated heterocycles. The van der Waals surface area contributed by atoms with Crippen molar-refractivity contribution in [3.05, 3.63) is 0 Å². The molecule has 0 aliphatic carbocycles. The van der Waals surface area contributed by atoms with E-state index in [0.29, 0.717) is 26.2 Å². The van der Waals surface area contributed by atoms with E-state index >= 15 is 0 Å². The largest absolute Gasteiger partial charge is 0.383 e. The van der Waals surface area contributed by atoms with E-state index in [1.54, 1.807) is 7.11 Å². The van der Waals surface area contributed by atoms with Crippen molar-refractivity contribution in [2.75, 3.05) is 40.0 Å². The Morgan fingerprint density at radius 3 is 3.07 bits per heavy atom. The van der Waals surface area contributed by atoms with E-state index < -0.39 is 0 Å². The van der Waals surface area contributed by atoms with Crippen LogP contribution in [0.4, 0.5) is 0 Å². The van der Waals surface area contributed by atoms with Gasteiger partial charge in [-0.05, 0) is 0 Å². The van der Waals surface area contributed by atoms with Crippen LogP contribution in [0, 0.1) is 0 Å². The highest BCUT2D eigenvalue weighted by atomic mass is 35.5. The van der Waals surface area contributed by atoms with E-state index in [0.717, 1.165) is 13.1 Å². The van der Waals surface area contributed by atoms with E-state index in [4.69, 9.17) is 9.47 Å². The Balaban J connectivity index is 0.00000196. The average Bonchev–Trinajstić information content (AvgIpc) is 2.20. The van der Waals surface area contributed by atoms with Gasteiger partial charge in [-0.1, -0.05) is 0 Å². The lowest BCUT2D eigenvalue weighted by molar-refractivity contribution is -0.124. The Labute approximate surface area is 96.3 Å². The summed E-state index contributed by atoms with van der Waals surface area (Å²) in [5.41, 5.74) is 0. The summed E-state index contributed by atoms with van der Waals surface area (Å²) >= 11 is 0. The van der Waals surface area contributed by atoms with Crippen LogP contribution in [0.3, 0.4) is 0 Å². The lowest BCUT2D eigenvalue weighted by Gasteiger charge is -2.22. The maximum atomic E-state index is 11.3. The molecule has 5 nitrogen and oxygen atoms in total. The molecule has 0 bridgehead atoms. The summed E-state index contributed by atoms with van der Waals surface area (Å²) in [7, 11) is 1.61. The Morgan fingerprint density at radius 2 is 2.47 bits per heavy atom. The first-order chi connectivity index (χ1) is 6.83. The van der Waals surface area contributed by atoms with Gasteiger partial charge in [-0.25, -0.2) is 0 Å². The minimum atomic E-state index is 0. The number of hydrogen-bond donors (Lipinski definition) is 2. The molecular formula is C9H19ClN2O3. The van der Waals surface area contributed by atoms with Gasteiger partial charge in [0.1, 0.15) is 0 Å².